The Kier molecular flexibility index (Phi) is 5.57. The zero-order valence-corrected chi connectivity index (χ0v) is 20.2. The molecule has 5 aromatic rings. The second-order valence-electron chi connectivity index (χ2n) is 8.40. The number of aromatic nitrogens is 3. The topological polar surface area (TPSA) is 52.4 Å². The first-order valence-electron chi connectivity index (χ1n) is 11.4. The first-order chi connectivity index (χ1) is 16.5. The van der Waals surface area contributed by atoms with Crippen LogP contribution in [-0.4, -0.2) is 43.1 Å². The number of hydrogen-bond acceptors (Lipinski definition) is 5. The predicted molar refractivity (Wildman–Crippen MR) is 139 cm³/mol. The Bertz CT molecular complexity index is 1470. The maximum Gasteiger partial charge on any atom is 0.164 e. The van der Waals surface area contributed by atoms with Crippen molar-refractivity contribution in [2.45, 2.75) is 13.3 Å². The minimum Gasteiger partial charge on any atom is -0.493 e. The van der Waals surface area contributed by atoms with E-state index in [0.717, 1.165) is 56.6 Å². The monoisotopic (exact) mass is 452 g/mol. The summed E-state index contributed by atoms with van der Waals surface area (Å²) in [4.78, 5) is 7.30. The Morgan fingerprint density at radius 3 is 2.09 bits per heavy atom. The van der Waals surface area contributed by atoms with Gasteiger partial charge in [-0.25, -0.2) is 9.67 Å². The number of hydrogen-bond donors (Lipinski definition) is 0. The maximum atomic E-state index is 5.67. The molecule has 5 rings (SSSR count). The number of aryl methyl sites for hydroxylation is 1. The van der Waals surface area contributed by atoms with E-state index in [9.17, 15) is 0 Å². The summed E-state index contributed by atoms with van der Waals surface area (Å²) in [5, 5.41) is 8.07. The molecule has 0 amide bonds. The molecule has 0 saturated carbocycles. The molecule has 2 heterocycles. The number of rotatable bonds is 6. The Labute approximate surface area is 199 Å². The molecule has 34 heavy (non-hydrogen) atoms. The lowest BCUT2D eigenvalue weighted by atomic mass is 9.99. The molecule has 6 heteroatoms. The van der Waals surface area contributed by atoms with Crippen molar-refractivity contribution >= 4 is 27.5 Å². The predicted octanol–water partition coefficient (Wildman–Crippen LogP) is 5.89. The van der Waals surface area contributed by atoms with Crippen molar-refractivity contribution in [1.29, 1.82) is 0 Å². The normalized spacial score (nSPS) is 11.2. The quantitative estimate of drug-likeness (QED) is 0.322. The molecule has 0 spiro atoms. The third kappa shape index (κ3) is 3.52. The summed E-state index contributed by atoms with van der Waals surface area (Å²) in [7, 11) is 7.40. The van der Waals surface area contributed by atoms with Crippen LogP contribution in [0, 0.1) is 0 Å². The molecule has 0 N–H and O–H groups in total. The number of fused-ring (bicyclic) bond motifs is 3. The third-order valence-corrected chi connectivity index (χ3v) is 6.19. The zero-order chi connectivity index (χ0) is 23.8. The number of nitrogens with zero attached hydrogens (tertiary/aromatic N) is 4. The van der Waals surface area contributed by atoms with Crippen LogP contribution in [0.2, 0.25) is 0 Å². The van der Waals surface area contributed by atoms with Crippen LogP contribution in [0.3, 0.4) is 0 Å². The fourth-order valence-electron chi connectivity index (χ4n) is 4.41. The second-order valence-corrected chi connectivity index (χ2v) is 8.40. The highest BCUT2D eigenvalue weighted by Crippen LogP contribution is 2.41. The van der Waals surface area contributed by atoms with Gasteiger partial charge < -0.3 is 14.4 Å². The molecule has 0 atom stereocenters. The summed E-state index contributed by atoms with van der Waals surface area (Å²) in [5.41, 5.74) is 5.86. The van der Waals surface area contributed by atoms with Gasteiger partial charge in [-0.1, -0.05) is 37.3 Å². The van der Waals surface area contributed by atoms with Crippen molar-refractivity contribution < 1.29 is 9.47 Å². The van der Waals surface area contributed by atoms with Crippen molar-refractivity contribution in [3.63, 3.8) is 0 Å². The Morgan fingerprint density at radius 1 is 0.853 bits per heavy atom. The van der Waals surface area contributed by atoms with Crippen LogP contribution < -0.4 is 14.4 Å². The van der Waals surface area contributed by atoms with Gasteiger partial charge in [-0.2, -0.15) is 5.10 Å². The summed E-state index contributed by atoms with van der Waals surface area (Å²) in [6.07, 6.45) is 0.790. The van der Waals surface area contributed by atoms with E-state index in [1.807, 2.05) is 49.1 Å². The lowest BCUT2D eigenvalue weighted by molar-refractivity contribution is 0.356. The van der Waals surface area contributed by atoms with Gasteiger partial charge in [0.2, 0.25) is 0 Å². The largest absolute Gasteiger partial charge is 0.493 e. The highest BCUT2D eigenvalue weighted by molar-refractivity contribution is 6.12. The highest BCUT2D eigenvalue weighted by Gasteiger charge is 2.21. The molecular formula is C28H28N4O2. The molecule has 0 unspecified atom stereocenters. The van der Waals surface area contributed by atoms with Gasteiger partial charge in [0.1, 0.15) is 0 Å². The van der Waals surface area contributed by atoms with Crippen LogP contribution in [-0.2, 0) is 6.42 Å². The van der Waals surface area contributed by atoms with E-state index >= 15 is 0 Å². The van der Waals surface area contributed by atoms with Crippen molar-refractivity contribution in [3.05, 3.63) is 72.4 Å². The molecular weight excluding hydrogens is 424 g/mol. The first-order valence-corrected chi connectivity index (χ1v) is 11.4. The van der Waals surface area contributed by atoms with Crippen molar-refractivity contribution in [1.82, 2.24) is 14.8 Å². The van der Waals surface area contributed by atoms with E-state index in [-0.39, 0.29) is 0 Å². The Balaban J connectivity index is 1.90. The molecule has 172 valence electrons. The van der Waals surface area contributed by atoms with Gasteiger partial charge in [0.25, 0.3) is 0 Å². The van der Waals surface area contributed by atoms with Gasteiger partial charge in [-0.05, 0) is 42.8 Å². The molecule has 0 bridgehead atoms. The van der Waals surface area contributed by atoms with Gasteiger partial charge in [-0.3, -0.25) is 0 Å². The number of pyridine rings is 1. The summed E-state index contributed by atoms with van der Waals surface area (Å²) >= 11 is 0. The fourth-order valence-corrected chi connectivity index (χ4v) is 4.41. The minimum absolute atomic E-state index is 0.677. The van der Waals surface area contributed by atoms with Gasteiger partial charge in [0, 0.05) is 36.1 Å². The molecule has 0 aliphatic rings. The number of ether oxygens (including phenoxy) is 2. The summed E-state index contributed by atoms with van der Waals surface area (Å²) in [6.45, 7) is 2.12. The Morgan fingerprint density at radius 2 is 1.50 bits per heavy atom. The fraction of sp³-hybridized carbons (Fsp3) is 0.214. The van der Waals surface area contributed by atoms with Crippen molar-refractivity contribution in [3.8, 4) is 28.4 Å². The average Bonchev–Trinajstić information content (AvgIpc) is 3.26. The molecule has 2 aromatic heterocycles. The number of benzene rings is 3. The molecule has 0 radical (unpaired) electrons. The molecule has 0 fully saturated rings. The van der Waals surface area contributed by atoms with E-state index in [2.05, 4.69) is 48.2 Å². The molecule has 0 saturated heterocycles. The average molecular weight is 453 g/mol. The standard InChI is InChI=1S/C28H28N4O2/c1-6-23-26-21-16-24(33-4)25(34-5)17-22(21)27(18-12-14-19(15-13-18)31(2)3)29-28(26)32(30-23)20-10-8-7-9-11-20/h7-17H,6H2,1-5H3. The van der Waals surface area contributed by atoms with Crippen LogP contribution in [0.4, 0.5) is 5.69 Å². The van der Waals surface area contributed by atoms with E-state index in [1.54, 1.807) is 14.2 Å². The molecule has 6 nitrogen and oxygen atoms in total. The lowest BCUT2D eigenvalue weighted by Gasteiger charge is -2.15. The third-order valence-electron chi connectivity index (χ3n) is 6.19. The van der Waals surface area contributed by atoms with Gasteiger partial charge in [0.15, 0.2) is 17.1 Å². The van der Waals surface area contributed by atoms with Gasteiger partial charge in [0.05, 0.1) is 36.7 Å². The summed E-state index contributed by atoms with van der Waals surface area (Å²) in [5.74, 6) is 1.36. The van der Waals surface area contributed by atoms with Crippen LogP contribution in [0.5, 0.6) is 11.5 Å². The van der Waals surface area contributed by atoms with Gasteiger partial charge >= 0.3 is 0 Å². The lowest BCUT2D eigenvalue weighted by Crippen LogP contribution is -2.08. The van der Waals surface area contributed by atoms with E-state index < -0.39 is 0 Å². The number of methoxy groups -OCH3 is 2. The van der Waals surface area contributed by atoms with Crippen molar-refractivity contribution in [2.24, 2.45) is 0 Å². The second kappa shape index (κ2) is 8.71. The molecule has 0 aliphatic carbocycles. The highest BCUT2D eigenvalue weighted by atomic mass is 16.5. The Hall–Kier alpha value is -4.06. The van der Waals surface area contributed by atoms with Crippen molar-refractivity contribution in [2.75, 3.05) is 33.2 Å². The van der Waals surface area contributed by atoms with Crippen LogP contribution in [0.15, 0.2) is 66.7 Å². The summed E-state index contributed by atoms with van der Waals surface area (Å²) < 4.78 is 13.3. The van der Waals surface area contributed by atoms with E-state index in [4.69, 9.17) is 19.6 Å². The van der Waals surface area contributed by atoms with E-state index in [0.29, 0.717) is 11.5 Å². The smallest absolute Gasteiger partial charge is 0.164 e. The van der Waals surface area contributed by atoms with Crippen LogP contribution in [0.1, 0.15) is 12.6 Å². The zero-order valence-electron chi connectivity index (χ0n) is 20.2. The first kappa shape index (κ1) is 21.8. The minimum atomic E-state index is 0.677. The maximum absolute atomic E-state index is 5.67. The SMILES string of the molecule is CCc1nn(-c2ccccc2)c2nc(-c3ccc(N(C)C)cc3)c3cc(OC)c(OC)cc3c12. The van der Waals surface area contributed by atoms with Crippen LogP contribution >= 0.6 is 0 Å². The number of para-hydroxylation sites is 1. The van der Waals surface area contributed by atoms with E-state index in [1.165, 1.54) is 0 Å². The van der Waals surface area contributed by atoms with Gasteiger partial charge in [-0.15, -0.1) is 0 Å². The number of anilines is 1. The van der Waals surface area contributed by atoms with Crippen LogP contribution in [0.25, 0.3) is 38.8 Å². The summed E-state index contributed by atoms with van der Waals surface area (Å²) in [6, 6.07) is 22.7. The molecule has 0 aliphatic heterocycles. The molecule has 3 aromatic carbocycles.